The minimum absolute atomic E-state index is 0. The number of aromatic nitrogens is 1. The molecule has 1 aromatic carbocycles. The van der Waals surface area contributed by atoms with Crippen LogP contribution < -0.4 is 16.0 Å². The number of rotatable bonds is 6. The number of hydrogen-bond acceptors (Lipinski definition) is 3. The van der Waals surface area contributed by atoms with Crippen molar-refractivity contribution in [3.8, 4) is 0 Å². The highest BCUT2D eigenvalue weighted by molar-refractivity contribution is 14.0. The topological polar surface area (TPSA) is 78.4 Å². The Morgan fingerprint density at radius 1 is 1.15 bits per heavy atom. The average molecular weight is 471 g/mol. The van der Waals surface area contributed by atoms with Gasteiger partial charge in [-0.05, 0) is 25.1 Å². The lowest BCUT2D eigenvalue weighted by atomic mass is 10.2. The summed E-state index contributed by atoms with van der Waals surface area (Å²) in [6.45, 7) is 2.57. The van der Waals surface area contributed by atoms with Gasteiger partial charge < -0.3 is 16.0 Å². The molecule has 1 heterocycles. The number of benzene rings is 1. The fourth-order valence-corrected chi connectivity index (χ4v) is 2.15. The number of aliphatic imine (C=N–C) groups is 1. The van der Waals surface area contributed by atoms with Crippen molar-refractivity contribution in [2.45, 2.75) is 19.9 Å². The van der Waals surface area contributed by atoms with Crippen LogP contribution in [0.2, 0.25) is 0 Å². The minimum Gasteiger partial charge on any atom is -0.356 e. The maximum Gasteiger partial charge on any atom is 0.227 e. The number of nitrogens with zero attached hydrogens (tertiary/aromatic N) is 2. The smallest absolute Gasteiger partial charge is 0.227 e. The zero-order chi connectivity index (χ0) is 18.1. The molecule has 0 saturated heterocycles. The number of halogens is 2. The first-order valence-electron chi connectivity index (χ1n) is 8.00. The van der Waals surface area contributed by atoms with Crippen LogP contribution in [0.5, 0.6) is 0 Å². The summed E-state index contributed by atoms with van der Waals surface area (Å²) >= 11 is 0. The van der Waals surface area contributed by atoms with E-state index in [4.69, 9.17) is 0 Å². The van der Waals surface area contributed by atoms with Gasteiger partial charge in [-0.15, -0.1) is 24.0 Å². The Hall–Kier alpha value is -2.23. The molecule has 0 radical (unpaired) electrons. The maximum atomic E-state index is 13.6. The van der Waals surface area contributed by atoms with Gasteiger partial charge in [-0.3, -0.25) is 9.79 Å². The number of nitrogens with one attached hydrogen (secondary N) is 3. The van der Waals surface area contributed by atoms with Gasteiger partial charge in [-0.2, -0.15) is 0 Å². The summed E-state index contributed by atoms with van der Waals surface area (Å²) in [5.41, 5.74) is 1.39. The van der Waals surface area contributed by atoms with Gasteiger partial charge in [-0.1, -0.05) is 24.3 Å². The highest BCUT2D eigenvalue weighted by Gasteiger charge is 2.05. The molecule has 26 heavy (non-hydrogen) atoms. The van der Waals surface area contributed by atoms with E-state index in [2.05, 4.69) is 25.9 Å². The Kier molecular flexibility index (Phi) is 9.56. The maximum absolute atomic E-state index is 13.6. The zero-order valence-corrected chi connectivity index (χ0v) is 17.1. The molecule has 0 aliphatic heterocycles. The van der Waals surface area contributed by atoms with E-state index in [9.17, 15) is 9.18 Å². The van der Waals surface area contributed by atoms with E-state index >= 15 is 0 Å². The van der Waals surface area contributed by atoms with E-state index < -0.39 is 0 Å². The Labute approximate surface area is 169 Å². The molecular weight excluding hydrogens is 448 g/mol. The van der Waals surface area contributed by atoms with Crippen LogP contribution in [-0.2, 0) is 11.3 Å². The molecule has 0 aliphatic rings. The molecule has 0 aliphatic carbocycles. The molecule has 2 rings (SSSR count). The van der Waals surface area contributed by atoms with Gasteiger partial charge in [0, 0.05) is 37.8 Å². The van der Waals surface area contributed by atoms with Gasteiger partial charge in [0.25, 0.3) is 0 Å². The van der Waals surface area contributed by atoms with Gasteiger partial charge in [-0.25, -0.2) is 9.37 Å². The number of aryl methyl sites for hydroxylation is 1. The number of carbonyl (C=O) groups excluding carboxylic acids is 1. The van der Waals surface area contributed by atoms with Crippen LogP contribution in [0.15, 0.2) is 47.5 Å². The number of amides is 1. The molecule has 0 unspecified atom stereocenters. The fraction of sp³-hybridized carbons (Fsp3) is 0.278. The van der Waals surface area contributed by atoms with Gasteiger partial charge in [0.05, 0.1) is 0 Å². The predicted octanol–water partition coefficient (Wildman–Crippen LogP) is 2.84. The first-order chi connectivity index (χ1) is 12.1. The zero-order valence-electron chi connectivity index (χ0n) is 14.8. The molecule has 0 fully saturated rings. The highest BCUT2D eigenvalue weighted by atomic mass is 127. The summed E-state index contributed by atoms with van der Waals surface area (Å²) in [4.78, 5) is 20.2. The number of guanidine groups is 1. The van der Waals surface area contributed by atoms with E-state index in [1.54, 1.807) is 31.3 Å². The van der Waals surface area contributed by atoms with Gasteiger partial charge in [0.15, 0.2) is 5.96 Å². The molecule has 0 bridgehead atoms. The van der Waals surface area contributed by atoms with Crippen molar-refractivity contribution >= 4 is 41.7 Å². The SMILES string of the molecule is CN=C(NCCC(=O)Nc1cccc(C)n1)NCc1ccccc1F.I. The van der Waals surface area contributed by atoms with Crippen LogP contribution in [0.4, 0.5) is 10.2 Å². The fourth-order valence-electron chi connectivity index (χ4n) is 2.15. The lowest BCUT2D eigenvalue weighted by Gasteiger charge is -2.12. The summed E-state index contributed by atoms with van der Waals surface area (Å²) < 4.78 is 13.6. The van der Waals surface area contributed by atoms with E-state index in [1.807, 2.05) is 19.1 Å². The van der Waals surface area contributed by atoms with Crippen molar-refractivity contribution in [2.24, 2.45) is 4.99 Å². The molecule has 6 nitrogen and oxygen atoms in total. The van der Waals surface area contributed by atoms with E-state index in [-0.39, 0.29) is 42.1 Å². The number of pyridine rings is 1. The largest absolute Gasteiger partial charge is 0.356 e. The number of hydrogen-bond donors (Lipinski definition) is 3. The summed E-state index contributed by atoms with van der Waals surface area (Å²) in [5, 5.41) is 8.77. The summed E-state index contributed by atoms with van der Waals surface area (Å²) in [7, 11) is 1.62. The van der Waals surface area contributed by atoms with Crippen molar-refractivity contribution in [1.82, 2.24) is 15.6 Å². The standard InChI is InChI=1S/C18H22FN5O.HI/c1-13-6-5-9-16(23-13)24-17(25)10-11-21-18(20-2)22-12-14-7-3-4-8-15(14)19;/h3-9H,10-12H2,1-2H3,(H2,20,21,22)(H,23,24,25);1H. The molecular formula is C18H23FIN5O. The molecule has 0 spiro atoms. The molecule has 2 aromatic rings. The van der Waals surface area contributed by atoms with Crippen molar-refractivity contribution in [2.75, 3.05) is 18.9 Å². The quantitative estimate of drug-likeness (QED) is 0.344. The van der Waals surface area contributed by atoms with Gasteiger partial charge in [0.2, 0.25) is 5.91 Å². The normalized spacial score (nSPS) is 10.7. The van der Waals surface area contributed by atoms with Crippen molar-refractivity contribution < 1.29 is 9.18 Å². The second-order valence-corrected chi connectivity index (χ2v) is 5.41. The molecule has 3 N–H and O–H groups in total. The monoisotopic (exact) mass is 471 g/mol. The van der Waals surface area contributed by atoms with Crippen LogP contribution in [0.1, 0.15) is 17.7 Å². The first kappa shape index (κ1) is 21.8. The average Bonchev–Trinajstić information content (AvgIpc) is 2.59. The third kappa shape index (κ3) is 7.34. The number of carbonyl (C=O) groups is 1. The van der Waals surface area contributed by atoms with Gasteiger partial charge in [0.1, 0.15) is 11.6 Å². The summed E-state index contributed by atoms with van der Waals surface area (Å²) in [5.74, 6) is 0.627. The second-order valence-electron chi connectivity index (χ2n) is 5.41. The Morgan fingerprint density at radius 3 is 2.62 bits per heavy atom. The van der Waals surface area contributed by atoms with Crippen LogP contribution in [0.3, 0.4) is 0 Å². The Balaban J connectivity index is 0.00000338. The van der Waals surface area contributed by atoms with Crippen molar-refractivity contribution in [1.29, 1.82) is 0 Å². The van der Waals surface area contributed by atoms with E-state index in [1.165, 1.54) is 6.07 Å². The molecule has 0 atom stereocenters. The van der Waals surface area contributed by atoms with Crippen molar-refractivity contribution in [3.05, 3.63) is 59.5 Å². The van der Waals surface area contributed by atoms with Crippen molar-refractivity contribution in [3.63, 3.8) is 0 Å². The second kappa shape index (κ2) is 11.4. The molecule has 140 valence electrons. The lowest BCUT2D eigenvalue weighted by Crippen LogP contribution is -2.38. The minimum atomic E-state index is -0.268. The van der Waals surface area contributed by atoms with E-state index in [0.29, 0.717) is 30.4 Å². The predicted molar refractivity (Wildman–Crippen MR) is 112 cm³/mol. The third-order valence-electron chi connectivity index (χ3n) is 3.43. The molecule has 0 saturated carbocycles. The van der Waals surface area contributed by atoms with Gasteiger partial charge >= 0.3 is 0 Å². The first-order valence-corrected chi connectivity index (χ1v) is 8.00. The van der Waals surface area contributed by atoms with Crippen LogP contribution in [0.25, 0.3) is 0 Å². The van der Waals surface area contributed by atoms with E-state index in [0.717, 1.165) is 5.69 Å². The third-order valence-corrected chi connectivity index (χ3v) is 3.43. The Bertz CT molecular complexity index is 754. The summed E-state index contributed by atoms with van der Waals surface area (Å²) in [6, 6.07) is 12.0. The lowest BCUT2D eigenvalue weighted by molar-refractivity contribution is -0.116. The van der Waals surface area contributed by atoms with Crippen LogP contribution >= 0.6 is 24.0 Å². The molecule has 1 amide bonds. The summed E-state index contributed by atoms with van der Waals surface area (Å²) in [6.07, 6.45) is 0.260. The number of anilines is 1. The molecule has 1 aromatic heterocycles. The van der Waals surface area contributed by atoms with Crippen LogP contribution in [-0.4, -0.2) is 30.4 Å². The molecule has 8 heteroatoms. The Morgan fingerprint density at radius 2 is 1.92 bits per heavy atom. The van der Waals surface area contributed by atoms with Crippen LogP contribution in [0, 0.1) is 12.7 Å². The highest BCUT2D eigenvalue weighted by Crippen LogP contribution is 2.05.